The van der Waals surface area contributed by atoms with Crippen LogP contribution in [0.2, 0.25) is 0 Å². The molecule has 0 radical (unpaired) electrons. The highest BCUT2D eigenvalue weighted by molar-refractivity contribution is 5.88. The molecule has 3 rings (SSSR count). The van der Waals surface area contributed by atoms with Crippen LogP contribution in [0.5, 0.6) is 0 Å². The van der Waals surface area contributed by atoms with Gasteiger partial charge in [0.15, 0.2) is 0 Å². The van der Waals surface area contributed by atoms with Gasteiger partial charge in [0.1, 0.15) is 5.60 Å². The lowest BCUT2D eigenvalue weighted by Crippen LogP contribution is -2.70. The highest BCUT2D eigenvalue weighted by Crippen LogP contribution is 2.39. The van der Waals surface area contributed by atoms with Gasteiger partial charge in [0.2, 0.25) is 5.91 Å². The molecule has 0 aromatic rings. The minimum absolute atomic E-state index is 0.0358. The maximum absolute atomic E-state index is 14.1. The number of likely N-dealkylation sites (tertiary alicyclic amines) is 2. The molecule has 9 heteroatoms. The number of carbonyl (C=O) groups is 3. The van der Waals surface area contributed by atoms with Crippen molar-refractivity contribution in [3.8, 4) is 0 Å². The Bertz CT molecular complexity index is 814. The number of esters is 2. The summed E-state index contributed by atoms with van der Waals surface area (Å²) in [5.74, 6) is -2.28. The van der Waals surface area contributed by atoms with Gasteiger partial charge in [0, 0.05) is 39.3 Å². The van der Waals surface area contributed by atoms with E-state index in [-0.39, 0.29) is 18.0 Å². The largest absolute Gasteiger partial charge is 0.463 e. The Morgan fingerprint density at radius 3 is 2.29 bits per heavy atom. The zero-order valence-electron chi connectivity index (χ0n) is 22.3. The van der Waals surface area contributed by atoms with Crippen molar-refractivity contribution >= 4 is 17.8 Å². The van der Waals surface area contributed by atoms with Crippen molar-refractivity contribution in [1.29, 1.82) is 0 Å². The quantitative estimate of drug-likeness (QED) is 0.477. The zero-order valence-corrected chi connectivity index (χ0v) is 22.3. The molecule has 0 saturated carbocycles. The van der Waals surface area contributed by atoms with Gasteiger partial charge in [-0.2, -0.15) is 0 Å². The summed E-state index contributed by atoms with van der Waals surface area (Å²) in [5.41, 5.74) is -0.0620. The normalized spacial score (nSPS) is 25.6. The number of hydrogen-bond donors (Lipinski definition) is 0. The van der Waals surface area contributed by atoms with Crippen LogP contribution in [-0.4, -0.2) is 96.5 Å². The summed E-state index contributed by atoms with van der Waals surface area (Å²) in [5, 5.41) is 0. The molecule has 0 N–H and O–H groups in total. The monoisotopic (exact) mass is 493 g/mol. The summed E-state index contributed by atoms with van der Waals surface area (Å²) in [4.78, 5) is 45.1. The minimum Gasteiger partial charge on any atom is -0.463 e. The van der Waals surface area contributed by atoms with Crippen LogP contribution in [0.15, 0.2) is 11.6 Å². The summed E-state index contributed by atoms with van der Waals surface area (Å²) in [6, 6.07) is -0.465. The second-order valence-electron chi connectivity index (χ2n) is 10.9. The van der Waals surface area contributed by atoms with Gasteiger partial charge in [0.25, 0.3) is 5.85 Å². The van der Waals surface area contributed by atoms with Gasteiger partial charge in [-0.25, -0.2) is 14.5 Å². The lowest BCUT2D eigenvalue weighted by Gasteiger charge is -2.49. The van der Waals surface area contributed by atoms with Gasteiger partial charge in [-0.15, -0.1) is 0 Å². The Labute approximate surface area is 209 Å². The lowest BCUT2D eigenvalue weighted by atomic mass is 9.97. The molecular weight excluding hydrogens is 450 g/mol. The van der Waals surface area contributed by atoms with E-state index in [1.165, 1.54) is 0 Å². The van der Waals surface area contributed by atoms with Crippen molar-refractivity contribution in [1.82, 2.24) is 14.7 Å². The zero-order chi connectivity index (χ0) is 25.8. The molecule has 0 aromatic heterocycles. The van der Waals surface area contributed by atoms with E-state index in [2.05, 4.69) is 4.90 Å². The average Bonchev–Trinajstić information content (AvgIpc) is 3.49. The number of carbonyl (C=O) groups excluding carboxylic acids is 3. The third kappa shape index (κ3) is 6.24. The second-order valence-corrected chi connectivity index (χ2v) is 10.9. The van der Waals surface area contributed by atoms with E-state index >= 15 is 0 Å². The van der Waals surface area contributed by atoms with Gasteiger partial charge < -0.3 is 19.1 Å². The van der Waals surface area contributed by atoms with E-state index in [1.54, 1.807) is 25.9 Å². The molecule has 198 valence electrons. The van der Waals surface area contributed by atoms with Crippen molar-refractivity contribution in [3.05, 3.63) is 11.6 Å². The SMILES string of the molecule is CCOC(=O)C1=CC[C@@H](OC(C(=O)OC(C)(C)C)(N2CCCC2)N2CCC[C@H]2C(=O)N(C)C)CC1. The Morgan fingerprint density at radius 1 is 1.06 bits per heavy atom. The molecule has 2 saturated heterocycles. The van der Waals surface area contributed by atoms with Gasteiger partial charge in [-0.3, -0.25) is 9.69 Å². The smallest absolute Gasteiger partial charge is 0.371 e. The van der Waals surface area contributed by atoms with Gasteiger partial charge >= 0.3 is 11.9 Å². The number of nitrogens with zero attached hydrogens (tertiary/aromatic N) is 3. The van der Waals surface area contributed by atoms with Crippen LogP contribution in [0, 0.1) is 0 Å². The third-order valence-electron chi connectivity index (χ3n) is 6.80. The Morgan fingerprint density at radius 2 is 1.74 bits per heavy atom. The van der Waals surface area contributed by atoms with Crippen molar-refractivity contribution in [3.63, 3.8) is 0 Å². The van der Waals surface area contributed by atoms with E-state index in [9.17, 15) is 14.4 Å². The average molecular weight is 494 g/mol. The minimum atomic E-state index is -1.49. The van der Waals surface area contributed by atoms with Crippen LogP contribution >= 0.6 is 0 Å². The molecule has 1 amide bonds. The predicted octanol–water partition coefficient (Wildman–Crippen LogP) is 2.69. The third-order valence-corrected chi connectivity index (χ3v) is 6.80. The van der Waals surface area contributed by atoms with Crippen molar-refractivity contribution in [2.75, 3.05) is 40.3 Å². The van der Waals surface area contributed by atoms with Crippen molar-refractivity contribution in [2.45, 2.75) is 96.2 Å². The second kappa shape index (κ2) is 11.4. The van der Waals surface area contributed by atoms with Crippen LogP contribution in [-0.2, 0) is 28.6 Å². The molecular formula is C26H43N3O6. The first-order chi connectivity index (χ1) is 16.5. The number of rotatable bonds is 8. The maximum atomic E-state index is 14.1. The fourth-order valence-corrected chi connectivity index (χ4v) is 5.23. The van der Waals surface area contributed by atoms with Crippen molar-refractivity contribution in [2.24, 2.45) is 0 Å². The molecule has 2 heterocycles. The molecule has 1 unspecified atom stereocenters. The number of amides is 1. The van der Waals surface area contributed by atoms with Crippen molar-refractivity contribution < 1.29 is 28.6 Å². The highest BCUT2D eigenvalue weighted by atomic mass is 16.6. The number of likely N-dealkylation sites (N-methyl/N-ethyl adjacent to an activating group) is 1. The summed E-state index contributed by atoms with van der Waals surface area (Å²) in [6.07, 6.45) is 6.53. The van der Waals surface area contributed by atoms with Crippen LogP contribution in [0.25, 0.3) is 0 Å². The van der Waals surface area contributed by atoms with Crippen LogP contribution in [0.4, 0.5) is 0 Å². The molecule has 3 atom stereocenters. The Balaban J connectivity index is 1.99. The molecule has 35 heavy (non-hydrogen) atoms. The van der Waals surface area contributed by atoms with Gasteiger partial charge in [-0.05, 0) is 72.6 Å². The summed E-state index contributed by atoms with van der Waals surface area (Å²) in [6.45, 7) is 9.62. The molecule has 2 fully saturated rings. The first-order valence-corrected chi connectivity index (χ1v) is 13.0. The number of ether oxygens (including phenoxy) is 3. The molecule has 0 spiro atoms. The molecule has 3 aliphatic rings. The molecule has 9 nitrogen and oxygen atoms in total. The Hall–Kier alpha value is -1.97. The predicted molar refractivity (Wildman–Crippen MR) is 131 cm³/mol. The van der Waals surface area contributed by atoms with Gasteiger partial charge in [-0.1, -0.05) is 6.08 Å². The molecule has 2 aliphatic heterocycles. The van der Waals surface area contributed by atoms with Crippen LogP contribution < -0.4 is 0 Å². The standard InChI is InChI=1S/C26H43N3O6/c1-7-33-23(31)19-12-14-20(15-13-19)34-26(28-16-8-9-17-28,24(32)35-25(2,3)4)29-18-10-11-21(29)22(30)27(5)6/h12,20-21H,7-11,13-18H2,1-6H3/t20-,21+,26?/m1/s1. The summed E-state index contributed by atoms with van der Waals surface area (Å²) in [7, 11) is 3.49. The lowest BCUT2D eigenvalue weighted by molar-refractivity contribution is -0.276. The van der Waals surface area contributed by atoms with Crippen LogP contribution in [0.1, 0.15) is 72.6 Å². The van der Waals surface area contributed by atoms with E-state index in [4.69, 9.17) is 14.2 Å². The first-order valence-electron chi connectivity index (χ1n) is 13.0. The maximum Gasteiger partial charge on any atom is 0.371 e. The molecule has 0 bridgehead atoms. The van der Waals surface area contributed by atoms with Crippen LogP contribution in [0.3, 0.4) is 0 Å². The van der Waals surface area contributed by atoms with Gasteiger partial charge in [0.05, 0.1) is 18.8 Å². The first kappa shape index (κ1) is 27.6. The fraction of sp³-hybridized carbons (Fsp3) is 0.808. The van der Waals surface area contributed by atoms with E-state index in [0.717, 1.165) is 19.3 Å². The molecule has 0 aromatic carbocycles. The molecule has 1 aliphatic carbocycles. The fourth-order valence-electron chi connectivity index (χ4n) is 5.23. The Kier molecular flexibility index (Phi) is 8.99. The summed E-state index contributed by atoms with van der Waals surface area (Å²) < 4.78 is 18.0. The van der Waals surface area contributed by atoms with E-state index in [1.807, 2.05) is 31.7 Å². The van der Waals surface area contributed by atoms with E-state index in [0.29, 0.717) is 57.5 Å². The highest BCUT2D eigenvalue weighted by Gasteiger charge is 2.59. The number of hydrogen-bond acceptors (Lipinski definition) is 8. The van der Waals surface area contributed by atoms with E-state index < -0.39 is 23.5 Å². The topological polar surface area (TPSA) is 88.6 Å². The summed E-state index contributed by atoms with van der Waals surface area (Å²) >= 11 is 0.